The minimum absolute atomic E-state index is 0.503. The number of rotatable bonds is 7. The summed E-state index contributed by atoms with van der Waals surface area (Å²) in [5.41, 5.74) is 2.03. The molecule has 0 radical (unpaired) electrons. The largest absolute Gasteiger partial charge is 0.489 e. The molecule has 2 aromatic rings. The van der Waals surface area contributed by atoms with Crippen molar-refractivity contribution in [3.05, 3.63) is 65.7 Å². The molecule has 25 heavy (non-hydrogen) atoms. The molecule has 1 aliphatic heterocycles. The number of ether oxygens (including phenoxy) is 1. The summed E-state index contributed by atoms with van der Waals surface area (Å²) < 4.78 is 5.85. The summed E-state index contributed by atoms with van der Waals surface area (Å²) in [6.45, 7) is 3.36. The number of hydrogen-bond donors (Lipinski definition) is 2. The lowest BCUT2D eigenvalue weighted by molar-refractivity contribution is 0.157. The van der Waals surface area contributed by atoms with Crippen molar-refractivity contribution in [1.29, 1.82) is 0 Å². The summed E-state index contributed by atoms with van der Waals surface area (Å²) in [5.74, 6) is 0.791. The van der Waals surface area contributed by atoms with Crippen LogP contribution in [-0.2, 0) is 6.61 Å². The molecule has 1 aliphatic rings. The van der Waals surface area contributed by atoms with Crippen LogP contribution in [0.25, 0.3) is 0 Å². The van der Waals surface area contributed by atoms with Crippen molar-refractivity contribution in [3.8, 4) is 5.75 Å². The Balaban J connectivity index is 1.50. The molecule has 0 spiro atoms. The lowest BCUT2D eigenvalue weighted by atomic mass is 10.0. The van der Waals surface area contributed by atoms with Gasteiger partial charge in [-0.2, -0.15) is 0 Å². The molecule has 2 N–H and O–H groups in total. The Bertz CT molecular complexity index is 639. The van der Waals surface area contributed by atoms with E-state index in [0.717, 1.165) is 42.8 Å². The Kier molecular flexibility index (Phi) is 6.45. The molecule has 1 heterocycles. The summed E-state index contributed by atoms with van der Waals surface area (Å²) in [4.78, 5) is 2.35. The van der Waals surface area contributed by atoms with Crippen molar-refractivity contribution in [2.24, 2.45) is 0 Å². The van der Waals surface area contributed by atoms with E-state index in [9.17, 15) is 5.11 Å². The first-order chi connectivity index (χ1) is 12.2. The number of aliphatic hydroxyl groups is 1. The summed E-state index contributed by atoms with van der Waals surface area (Å²) in [6, 6.07) is 18.4. The Hall–Kier alpha value is -1.88. The Labute approximate surface area is 150 Å². The third-order valence-electron chi connectivity index (χ3n) is 4.81. The lowest BCUT2D eigenvalue weighted by Gasteiger charge is -2.30. The fourth-order valence-corrected chi connectivity index (χ4v) is 3.16. The fraction of sp³-hybridized carbons (Fsp3) is 0.429. The van der Waals surface area contributed by atoms with Crippen LogP contribution in [0.3, 0.4) is 0 Å². The van der Waals surface area contributed by atoms with Gasteiger partial charge in [-0.1, -0.05) is 42.5 Å². The Morgan fingerprint density at radius 2 is 1.88 bits per heavy atom. The molecule has 0 amide bonds. The van der Waals surface area contributed by atoms with Gasteiger partial charge in [-0.25, -0.2) is 0 Å². The van der Waals surface area contributed by atoms with Gasteiger partial charge in [0.15, 0.2) is 0 Å². The van der Waals surface area contributed by atoms with Gasteiger partial charge in [-0.05, 0) is 56.2 Å². The second kappa shape index (κ2) is 8.99. The predicted molar refractivity (Wildman–Crippen MR) is 101 cm³/mol. The van der Waals surface area contributed by atoms with Crippen LogP contribution in [0.4, 0.5) is 0 Å². The van der Waals surface area contributed by atoms with E-state index in [1.807, 2.05) is 54.6 Å². The first-order valence-corrected chi connectivity index (χ1v) is 9.07. The highest BCUT2D eigenvalue weighted by molar-refractivity contribution is 5.30. The Morgan fingerprint density at radius 3 is 2.64 bits per heavy atom. The zero-order valence-corrected chi connectivity index (χ0v) is 14.9. The van der Waals surface area contributed by atoms with Crippen LogP contribution in [0.15, 0.2) is 54.6 Å². The molecular weight excluding hydrogens is 312 g/mol. The number of piperidine rings is 1. The van der Waals surface area contributed by atoms with Crippen molar-refractivity contribution in [2.45, 2.75) is 31.6 Å². The maximum absolute atomic E-state index is 10.5. The van der Waals surface area contributed by atoms with Gasteiger partial charge in [-0.3, -0.25) is 0 Å². The van der Waals surface area contributed by atoms with Gasteiger partial charge in [0.05, 0.1) is 6.10 Å². The van der Waals surface area contributed by atoms with E-state index in [2.05, 4.69) is 17.3 Å². The van der Waals surface area contributed by atoms with Crippen LogP contribution >= 0.6 is 0 Å². The van der Waals surface area contributed by atoms with Gasteiger partial charge >= 0.3 is 0 Å². The minimum Gasteiger partial charge on any atom is -0.489 e. The topological polar surface area (TPSA) is 44.7 Å². The molecule has 0 saturated carbocycles. The lowest BCUT2D eigenvalue weighted by Crippen LogP contribution is -2.42. The van der Waals surface area contributed by atoms with Crippen LogP contribution in [0, 0.1) is 0 Å². The normalized spacial score (nSPS) is 17.4. The molecule has 3 rings (SSSR count). The van der Waals surface area contributed by atoms with Gasteiger partial charge in [0, 0.05) is 12.6 Å². The van der Waals surface area contributed by atoms with Crippen molar-refractivity contribution in [1.82, 2.24) is 10.2 Å². The van der Waals surface area contributed by atoms with Crippen molar-refractivity contribution >= 4 is 0 Å². The van der Waals surface area contributed by atoms with Crippen LogP contribution in [0.2, 0.25) is 0 Å². The van der Waals surface area contributed by atoms with Gasteiger partial charge in [-0.15, -0.1) is 0 Å². The SMILES string of the molecule is CN1CCC(NC[C@H](O)c2cccc(OCc3ccccc3)c2)CC1. The third-order valence-corrected chi connectivity index (χ3v) is 4.81. The van der Waals surface area contributed by atoms with Crippen molar-refractivity contribution in [3.63, 3.8) is 0 Å². The second-order valence-electron chi connectivity index (χ2n) is 6.85. The molecule has 1 saturated heterocycles. The van der Waals surface area contributed by atoms with Crippen molar-refractivity contribution < 1.29 is 9.84 Å². The maximum atomic E-state index is 10.5. The van der Waals surface area contributed by atoms with Gasteiger partial charge in [0.2, 0.25) is 0 Å². The molecule has 134 valence electrons. The molecule has 2 aromatic carbocycles. The smallest absolute Gasteiger partial charge is 0.120 e. The number of nitrogens with one attached hydrogen (secondary N) is 1. The number of nitrogens with zero attached hydrogens (tertiary/aromatic N) is 1. The van der Waals surface area contributed by atoms with E-state index in [4.69, 9.17) is 4.74 Å². The summed E-state index contributed by atoms with van der Waals surface area (Å²) in [5, 5.41) is 14.0. The molecular formula is C21H28N2O2. The van der Waals surface area contributed by atoms with Crippen LogP contribution in [0.1, 0.15) is 30.1 Å². The fourth-order valence-electron chi connectivity index (χ4n) is 3.16. The predicted octanol–water partition coefficient (Wildman–Crippen LogP) is 2.98. The number of aliphatic hydroxyl groups excluding tert-OH is 1. The van der Waals surface area contributed by atoms with Crippen LogP contribution in [-0.4, -0.2) is 42.7 Å². The molecule has 0 unspecified atom stereocenters. The summed E-state index contributed by atoms with van der Waals surface area (Å²) in [7, 11) is 2.16. The first-order valence-electron chi connectivity index (χ1n) is 9.07. The van der Waals surface area contributed by atoms with Crippen molar-refractivity contribution in [2.75, 3.05) is 26.7 Å². The molecule has 1 fully saturated rings. The number of likely N-dealkylation sites (tertiary alicyclic amines) is 1. The molecule has 1 atom stereocenters. The third kappa shape index (κ3) is 5.56. The highest BCUT2D eigenvalue weighted by Crippen LogP contribution is 2.20. The zero-order chi connectivity index (χ0) is 17.5. The number of hydrogen-bond acceptors (Lipinski definition) is 4. The number of benzene rings is 2. The van der Waals surface area contributed by atoms with Crippen LogP contribution < -0.4 is 10.1 Å². The van der Waals surface area contributed by atoms with E-state index in [1.165, 1.54) is 0 Å². The van der Waals surface area contributed by atoms with Gasteiger partial charge < -0.3 is 20.1 Å². The molecule has 0 aliphatic carbocycles. The van der Waals surface area contributed by atoms with E-state index < -0.39 is 6.10 Å². The monoisotopic (exact) mass is 340 g/mol. The highest BCUT2D eigenvalue weighted by Gasteiger charge is 2.17. The van der Waals surface area contributed by atoms with Crippen LogP contribution in [0.5, 0.6) is 5.75 Å². The summed E-state index contributed by atoms with van der Waals surface area (Å²) in [6.07, 6.45) is 1.77. The van der Waals surface area contributed by atoms with E-state index in [0.29, 0.717) is 19.2 Å². The van der Waals surface area contributed by atoms with E-state index >= 15 is 0 Å². The average molecular weight is 340 g/mol. The first kappa shape index (κ1) is 17.9. The molecule has 0 bridgehead atoms. The summed E-state index contributed by atoms with van der Waals surface area (Å²) >= 11 is 0. The zero-order valence-electron chi connectivity index (χ0n) is 14.9. The molecule has 4 heteroatoms. The van der Waals surface area contributed by atoms with Gasteiger partial charge in [0.1, 0.15) is 12.4 Å². The minimum atomic E-state index is -0.514. The molecule has 0 aromatic heterocycles. The van der Waals surface area contributed by atoms with Gasteiger partial charge in [0.25, 0.3) is 0 Å². The quantitative estimate of drug-likeness (QED) is 0.813. The highest BCUT2D eigenvalue weighted by atomic mass is 16.5. The van der Waals surface area contributed by atoms with E-state index in [-0.39, 0.29) is 0 Å². The van der Waals surface area contributed by atoms with E-state index in [1.54, 1.807) is 0 Å². The maximum Gasteiger partial charge on any atom is 0.120 e. The Morgan fingerprint density at radius 1 is 1.12 bits per heavy atom. The standard InChI is InChI=1S/C21H28N2O2/c1-23-12-10-19(11-13-23)22-15-21(24)18-8-5-9-20(14-18)25-16-17-6-3-2-4-7-17/h2-9,14,19,21-22,24H,10-13,15-16H2,1H3/t21-/m0/s1. The second-order valence-corrected chi connectivity index (χ2v) is 6.85. The average Bonchev–Trinajstić information content (AvgIpc) is 2.67. The molecule has 4 nitrogen and oxygen atoms in total.